The van der Waals surface area contributed by atoms with Gasteiger partial charge in [-0.1, -0.05) is 0 Å². The van der Waals surface area contributed by atoms with E-state index in [4.69, 9.17) is 5.11 Å². The molecule has 3 N–H and O–H groups in total. The number of fused-ring (bicyclic) bond motifs is 1. The lowest BCUT2D eigenvalue weighted by Gasteiger charge is -2.06. The van der Waals surface area contributed by atoms with E-state index in [0.29, 0.717) is 11.5 Å². The van der Waals surface area contributed by atoms with Crippen LogP contribution in [0.2, 0.25) is 0 Å². The molecule has 0 fully saturated rings. The second-order valence-corrected chi connectivity index (χ2v) is 6.65. The molecule has 0 atom stereocenters. The lowest BCUT2D eigenvalue weighted by atomic mass is 10.2. The molecule has 10 heteroatoms. The minimum absolute atomic E-state index is 0.254. The highest BCUT2D eigenvalue weighted by Crippen LogP contribution is 2.24. The SMILES string of the molecule is O=C(O)CNC(=O)c1cccn2c(-c3ccc(Nc4nccs4)cc3)nnc12. The van der Waals surface area contributed by atoms with E-state index in [1.807, 2.05) is 29.6 Å². The Morgan fingerprint density at radius 1 is 1.14 bits per heavy atom. The zero-order valence-corrected chi connectivity index (χ0v) is 15.2. The maximum Gasteiger partial charge on any atom is 0.322 e. The standard InChI is InChI=1S/C18H14N6O3S/c25-14(26)10-20-17(27)13-2-1-8-24-15(22-23-16(13)24)11-3-5-12(6-4-11)21-18-19-7-9-28-18/h1-9H,10H2,(H,19,21)(H,20,27)(H,25,26). The van der Waals surface area contributed by atoms with Crippen molar-refractivity contribution >= 4 is 39.7 Å². The number of thiazole rings is 1. The molecule has 3 aromatic heterocycles. The second kappa shape index (κ2) is 7.45. The summed E-state index contributed by atoms with van der Waals surface area (Å²) in [5, 5.41) is 25.3. The summed E-state index contributed by atoms with van der Waals surface area (Å²) in [7, 11) is 0. The van der Waals surface area contributed by atoms with Gasteiger partial charge in [0.2, 0.25) is 0 Å². The fourth-order valence-electron chi connectivity index (χ4n) is 2.65. The number of anilines is 2. The van der Waals surface area contributed by atoms with Gasteiger partial charge in [0.1, 0.15) is 6.54 Å². The van der Waals surface area contributed by atoms with Crippen molar-refractivity contribution in [2.24, 2.45) is 0 Å². The first-order valence-corrected chi connectivity index (χ1v) is 9.10. The van der Waals surface area contributed by atoms with Crippen LogP contribution in [0.1, 0.15) is 10.4 Å². The van der Waals surface area contributed by atoms with Gasteiger partial charge in [-0.3, -0.25) is 14.0 Å². The predicted molar refractivity (Wildman–Crippen MR) is 104 cm³/mol. The average Bonchev–Trinajstić information content (AvgIpc) is 3.36. The van der Waals surface area contributed by atoms with E-state index < -0.39 is 18.4 Å². The zero-order chi connectivity index (χ0) is 19.5. The van der Waals surface area contributed by atoms with Crippen molar-refractivity contribution in [3.05, 3.63) is 59.7 Å². The highest BCUT2D eigenvalue weighted by molar-refractivity contribution is 7.13. The number of pyridine rings is 1. The van der Waals surface area contributed by atoms with E-state index in [0.717, 1.165) is 16.4 Å². The van der Waals surface area contributed by atoms with Crippen LogP contribution in [0.5, 0.6) is 0 Å². The Balaban J connectivity index is 1.62. The van der Waals surface area contributed by atoms with Crippen LogP contribution in [-0.4, -0.2) is 43.1 Å². The van der Waals surface area contributed by atoms with Crippen LogP contribution in [0.25, 0.3) is 17.0 Å². The van der Waals surface area contributed by atoms with Crippen LogP contribution in [0.15, 0.2) is 54.2 Å². The van der Waals surface area contributed by atoms with Crippen LogP contribution >= 0.6 is 11.3 Å². The highest BCUT2D eigenvalue weighted by atomic mass is 32.1. The summed E-state index contributed by atoms with van der Waals surface area (Å²) in [6.07, 6.45) is 3.48. The lowest BCUT2D eigenvalue weighted by molar-refractivity contribution is -0.135. The van der Waals surface area contributed by atoms with Crippen LogP contribution in [0, 0.1) is 0 Å². The van der Waals surface area contributed by atoms with E-state index in [1.54, 1.807) is 28.9 Å². The predicted octanol–water partition coefficient (Wildman–Crippen LogP) is 2.41. The first-order valence-electron chi connectivity index (χ1n) is 8.22. The highest BCUT2D eigenvalue weighted by Gasteiger charge is 2.16. The van der Waals surface area contributed by atoms with Crippen molar-refractivity contribution in [3.63, 3.8) is 0 Å². The van der Waals surface area contributed by atoms with E-state index in [1.165, 1.54) is 11.3 Å². The number of rotatable bonds is 6. The quantitative estimate of drug-likeness (QED) is 0.459. The van der Waals surface area contributed by atoms with Gasteiger partial charge in [0.15, 0.2) is 16.6 Å². The number of carboxylic acid groups (broad SMARTS) is 1. The second-order valence-electron chi connectivity index (χ2n) is 5.76. The summed E-state index contributed by atoms with van der Waals surface area (Å²) in [6, 6.07) is 10.9. The van der Waals surface area contributed by atoms with Crippen molar-refractivity contribution in [1.82, 2.24) is 24.9 Å². The van der Waals surface area contributed by atoms with Gasteiger partial charge >= 0.3 is 5.97 Å². The molecule has 0 saturated carbocycles. The third-order valence-corrected chi connectivity index (χ3v) is 4.59. The monoisotopic (exact) mass is 394 g/mol. The first kappa shape index (κ1) is 17.6. The molecule has 0 unspecified atom stereocenters. The molecule has 1 amide bonds. The Morgan fingerprint density at radius 2 is 1.96 bits per heavy atom. The van der Waals surface area contributed by atoms with E-state index >= 15 is 0 Å². The number of carbonyl (C=O) groups excluding carboxylic acids is 1. The molecule has 140 valence electrons. The number of benzene rings is 1. The molecule has 0 aliphatic rings. The Kier molecular flexibility index (Phi) is 4.68. The van der Waals surface area contributed by atoms with Gasteiger partial charge in [0.25, 0.3) is 5.91 Å². The zero-order valence-electron chi connectivity index (χ0n) is 14.4. The smallest absolute Gasteiger partial charge is 0.322 e. The Hall–Kier alpha value is -3.79. The Labute approximate surface area is 162 Å². The van der Waals surface area contributed by atoms with Crippen LogP contribution in [0.3, 0.4) is 0 Å². The summed E-state index contributed by atoms with van der Waals surface area (Å²) in [4.78, 5) is 27.1. The van der Waals surface area contributed by atoms with Crippen molar-refractivity contribution in [1.29, 1.82) is 0 Å². The molecular weight excluding hydrogens is 380 g/mol. The van der Waals surface area contributed by atoms with E-state index in [2.05, 4.69) is 25.8 Å². The van der Waals surface area contributed by atoms with Crippen molar-refractivity contribution < 1.29 is 14.7 Å². The fourth-order valence-corrected chi connectivity index (χ4v) is 3.20. The maximum atomic E-state index is 12.2. The molecule has 0 spiro atoms. The molecule has 4 aromatic rings. The molecule has 0 radical (unpaired) electrons. The van der Waals surface area contributed by atoms with Gasteiger partial charge in [-0.05, 0) is 36.4 Å². The van der Waals surface area contributed by atoms with Crippen LogP contribution < -0.4 is 10.6 Å². The van der Waals surface area contributed by atoms with Gasteiger partial charge < -0.3 is 15.7 Å². The molecule has 0 saturated heterocycles. The number of carbonyl (C=O) groups is 2. The minimum Gasteiger partial charge on any atom is -0.480 e. The number of nitrogens with zero attached hydrogens (tertiary/aromatic N) is 4. The molecule has 0 aliphatic carbocycles. The molecule has 1 aromatic carbocycles. The summed E-state index contributed by atoms with van der Waals surface area (Å²) < 4.78 is 1.69. The average molecular weight is 394 g/mol. The van der Waals surface area contributed by atoms with Gasteiger partial charge in [0, 0.05) is 29.0 Å². The number of nitrogens with one attached hydrogen (secondary N) is 2. The van der Waals surface area contributed by atoms with Gasteiger partial charge in [-0.15, -0.1) is 21.5 Å². The summed E-state index contributed by atoms with van der Waals surface area (Å²) >= 11 is 1.51. The van der Waals surface area contributed by atoms with Gasteiger partial charge in [-0.2, -0.15) is 0 Å². The number of aliphatic carboxylic acids is 1. The van der Waals surface area contributed by atoms with E-state index in [9.17, 15) is 9.59 Å². The first-order chi connectivity index (χ1) is 13.6. The third kappa shape index (κ3) is 3.53. The molecule has 3 heterocycles. The van der Waals surface area contributed by atoms with Crippen molar-refractivity contribution in [2.45, 2.75) is 0 Å². The number of hydrogen-bond acceptors (Lipinski definition) is 7. The lowest BCUT2D eigenvalue weighted by Crippen LogP contribution is -2.29. The normalized spacial score (nSPS) is 10.7. The van der Waals surface area contributed by atoms with E-state index in [-0.39, 0.29) is 5.56 Å². The summed E-state index contributed by atoms with van der Waals surface area (Å²) in [5.41, 5.74) is 2.32. The molecular formula is C18H14N6O3S. The minimum atomic E-state index is -1.12. The molecule has 0 bridgehead atoms. The molecule has 4 rings (SSSR count). The Bertz CT molecular complexity index is 1140. The largest absolute Gasteiger partial charge is 0.480 e. The van der Waals surface area contributed by atoms with Crippen molar-refractivity contribution in [3.8, 4) is 11.4 Å². The summed E-state index contributed by atoms with van der Waals surface area (Å²) in [6.45, 7) is -0.464. The molecule has 0 aliphatic heterocycles. The summed E-state index contributed by atoms with van der Waals surface area (Å²) in [5.74, 6) is -1.06. The number of aromatic nitrogens is 4. The number of amides is 1. The van der Waals surface area contributed by atoms with Gasteiger partial charge in [0.05, 0.1) is 5.56 Å². The number of carboxylic acids is 1. The topological polar surface area (TPSA) is 122 Å². The van der Waals surface area contributed by atoms with Crippen LogP contribution in [-0.2, 0) is 4.79 Å². The molecule has 9 nitrogen and oxygen atoms in total. The van der Waals surface area contributed by atoms with Gasteiger partial charge in [-0.25, -0.2) is 4.98 Å². The van der Waals surface area contributed by atoms with Crippen LogP contribution in [0.4, 0.5) is 10.8 Å². The maximum absolute atomic E-state index is 12.2. The number of hydrogen-bond donors (Lipinski definition) is 3. The fraction of sp³-hybridized carbons (Fsp3) is 0.0556. The Morgan fingerprint density at radius 3 is 2.68 bits per heavy atom. The molecule has 28 heavy (non-hydrogen) atoms. The van der Waals surface area contributed by atoms with Crippen molar-refractivity contribution in [2.75, 3.05) is 11.9 Å². The third-order valence-electron chi connectivity index (χ3n) is 3.91.